The van der Waals surface area contributed by atoms with Crippen LogP contribution in [-0.4, -0.2) is 43.5 Å². The van der Waals surface area contributed by atoms with Gasteiger partial charge in [0.25, 0.3) is 0 Å². The second kappa shape index (κ2) is 6.74. The van der Waals surface area contributed by atoms with Crippen LogP contribution in [0.25, 0.3) is 0 Å². The Kier molecular flexibility index (Phi) is 5.75. The van der Waals surface area contributed by atoms with Crippen LogP contribution in [0.1, 0.15) is 26.3 Å². The highest BCUT2D eigenvalue weighted by Gasteiger charge is 2.29. The van der Waals surface area contributed by atoms with E-state index in [9.17, 15) is 18.6 Å². The molecule has 0 heterocycles. The van der Waals surface area contributed by atoms with Crippen LogP contribution in [0.2, 0.25) is 0 Å². The fraction of sp³-hybridized carbons (Fsp3) is 0.571. The lowest BCUT2D eigenvalue weighted by molar-refractivity contribution is 0.122. The first-order chi connectivity index (χ1) is 9.63. The Morgan fingerprint density at radius 2 is 1.86 bits per heavy atom. The molecule has 120 valence electrons. The van der Waals surface area contributed by atoms with E-state index in [-0.39, 0.29) is 11.0 Å². The molecule has 0 saturated heterocycles. The highest BCUT2D eigenvalue weighted by atomic mass is 32.2. The van der Waals surface area contributed by atoms with Crippen LogP contribution in [0, 0.1) is 6.92 Å². The van der Waals surface area contributed by atoms with Crippen molar-refractivity contribution in [2.75, 3.05) is 13.2 Å². The molecule has 1 rings (SSSR count). The van der Waals surface area contributed by atoms with E-state index in [4.69, 9.17) is 4.74 Å². The molecule has 0 fully saturated rings. The summed E-state index contributed by atoms with van der Waals surface area (Å²) in [5.74, 6) is 0.621. The minimum absolute atomic E-state index is 0.00338. The molecule has 0 spiro atoms. The smallest absolute Gasteiger partial charge is 0.241 e. The average molecular weight is 317 g/mol. The van der Waals surface area contributed by atoms with E-state index < -0.39 is 28.8 Å². The highest BCUT2D eigenvalue weighted by Crippen LogP contribution is 2.23. The Balaban J connectivity index is 3.07. The molecule has 21 heavy (non-hydrogen) atoms. The van der Waals surface area contributed by atoms with Gasteiger partial charge in [-0.25, -0.2) is 13.1 Å². The molecule has 0 saturated carbocycles. The van der Waals surface area contributed by atoms with Gasteiger partial charge >= 0.3 is 0 Å². The molecule has 0 aliphatic heterocycles. The third kappa shape index (κ3) is 4.67. The molecule has 0 unspecified atom stereocenters. The molecule has 0 aromatic heterocycles. The van der Waals surface area contributed by atoms with Gasteiger partial charge < -0.3 is 14.9 Å². The average Bonchev–Trinajstić information content (AvgIpc) is 2.40. The van der Waals surface area contributed by atoms with Crippen molar-refractivity contribution >= 4 is 10.0 Å². The quantitative estimate of drug-likeness (QED) is 0.691. The Hall–Kier alpha value is -1.15. The highest BCUT2D eigenvalue weighted by molar-refractivity contribution is 7.89. The lowest BCUT2D eigenvalue weighted by Crippen LogP contribution is -2.51. The minimum atomic E-state index is -3.84. The third-order valence-corrected chi connectivity index (χ3v) is 4.53. The van der Waals surface area contributed by atoms with Gasteiger partial charge in [0.1, 0.15) is 5.75 Å². The molecule has 7 heteroatoms. The zero-order chi connectivity index (χ0) is 16.3. The summed E-state index contributed by atoms with van der Waals surface area (Å²) >= 11 is 0. The number of sulfonamides is 1. The summed E-state index contributed by atoms with van der Waals surface area (Å²) in [6, 6.07) is 4.52. The van der Waals surface area contributed by atoms with Crippen molar-refractivity contribution in [3.8, 4) is 5.75 Å². The summed E-state index contributed by atoms with van der Waals surface area (Å²) in [6.45, 7) is 5.95. The van der Waals surface area contributed by atoms with Gasteiger partial charge in [0.05, 0.1) is 29.8 Å². The first-order valence-corrected chi connectivity index (χ1v) is 8.15. The van der Waals surface area contributed by atoms with Crippen LogP contribution >= 0.6 is 0 Å². The van der Waals surface area contributed by atoms with Gasteiger partial charge in [-0.15, -0.1) is 0 Å². The van der Waals surface area contributed by atoms with E-state index in [1.807, 2.05) is 13.8 Å². The van der Waals surface area contributed by atoms with E-state index in [2.05, 4.69) is 4.72 Å². The second-order valence-corrected chi connectivity index (χ2v) is 7.26. The number of ether oxygens (including phenoxy) is 1. The van der Waals surface area contributed by atoms with E-state index in [0.29, 0.717) is 11.3 Å². The Bertz CT molecular complexity index is 579. The first-order valence-electron chi connectivity index (χ1n) is 6.66. The van der Waals surface area contributed by atoms with Crippen molar-refractivity contribution < 1.29 is 23.4 Å². The summed E-state index contributed by atoms with van der Waals surface area (Å²) in [7, 11) is -3.84. The number of nitrogens with one attached hydrogen (secondary N) is 1. The summed E-state index contributed by atoms with van der Waals surface area (Å²) < 4.78 is 32.4. The van der Waals surface area contributed by atoms with Crippen molar-refractivity contribution in [1.82, 2.24) is 4.72 Å². The maximum absolute atomic E-state index is 12.3. The van der Waals surface area contributed by atoms with Gasteiger partial charge in [-0.05, 0) is 51.5 Å². The van der Waals surface area contributed by atoms with Crippen LogP contribution in [-0.2, 0) is 10.0 Å². The van der Waals surface area contributed by atoms with Gasteiger partial charge in [-0.1, -0.05) is 0 Å². The molecule has 0 aliphatic carbocycles. The predicted octanol–water partition coefficient (Wildman–Crippen LogP) is 0.804. The SMILES string of the molecule is Cc1cc(S(=O)(=O)NC(C)(CO)CO)ccc1OC(C)C. The van der Waals surface area contributed by atoms with E-state index in [1.54, 1.807) is 13.0 Å². The summed E-state index contributed by atoms with van der Waals surface area (Å²) in [5, 5.41) is 18.4. The lowest BCUT2D eigenvalue weighted by atomic mass is 10.1. The Morgan fingerprint density at radius 3 is 2.29 bits per heavy atom. The molecule has 0 radical (unpaired) electrons. The van der Waals surface area contributed by atoms with Gasteiger partial charge in [-0.2, -0.15) is 0 Å². The first kappa shape index (κ1) is 17.9. The van der Waals surface area contributed by atoms with Gasteiger partial charge in [0.2, 0.25) is 10.0 Å². The monoisotopic (exact) mass is 317 g/mol. The fourth-order valence-corrected chi connectivity index (χ4v) is 3.15. The van der Waals surface area contributed by atoms with Crippen molar-refractivity contribution in [1.29, 1.82) is 0 Å². The van der Waals surface area contributed by atoms with Gasteiger partial charge in [-0.3, -0.25) is 0 Å². The van der Waals surface area contributed by atoms with Crippen molar-refractivity contribution in [3.05, 3.63) is 23.8 Å². The standard InChI is InChI=1S/C14H23NO5S/c1-10(2)20-13-6-5-12(7-11(13)3)21(18,19)15-14(4,8-16)9-17/h5-7,10,15-17H,8-9H2,1-4H3. The number of aliphatic hydroxyl groups excluding tert-OH is 2. The summed E-state index contributed by atoms with van der Waals surface area (Å²) in [4.78, 5) is 0.0595. The third-order valence-electron chi connectivity index (χ3n) is 2.90. The van der Waals surface area contributed by atoms with E-state index in [1.165, 1.54) is 19.1 Å². The molecule has 6 nitrogen and oxygen atoms in total. The number of aryl methyl sites for hydroxylation is 1. The summed E-state index contributed by atoms with van der Waals surface area (Å²) in [5.41, 5.74) is -0.610. The molecule has 0 atom stereocenters. The number of rotatable bonds is 7. The van der Waals surface area contributed by atoms with Crippen LogP contribution in [0.15, 0.2) is 23.1 Å². The van der Waals surface area contributed by atoms with Crippen LogP contribution in [0.5, 0.6) is 5.75 Å². The summed E-state index contributed by atoms with van der Waals surface area (Å²) in [6.07, 6.45) is -0.00338. The molecular formula is C14H23NO5S. The maximum Gasteiger partial charge on any atom is 0.241 e. The topological polar surface area (TPSA) is 95.9 Å². The van der Waals surface area contributed by atoms with Gasteiger partial charge in [0.15, 0.2) is 0 Å². The van der Waals surface area contributed by atoms with Crippen LogP contribution in [0.4, 0.5) is 0 Å². The Morgan fingerprint density at radius 1 is 1.29 bits per heavy atom. The number of hydrogen-bond acceptors (Lipinski definition) is 5. The van der Waals surface area contributed by atoms with Crippen molar-refractivity contribution in [2.24, 2.45) is 0 Å². The molecule has 0 bridgehead atoms. The molecule has 3 N–H and O–H groups in total. The predicted molar refractivity (Wildman–Crippen MR) is 79.8 cm³/mol. The van der Waals surface area contributed by atoms with E-state index >= 15 is 0 Å². The van der Waals surface area contributed by atoms with Crippen LogP contribution in [0.3, 0.4) is 0 Å². The maximum atomic E-state index is 12.3. The zero-order valence-corrected chi connectivity index (χ0v) is 13.6. The molecule has 0 aliphatic rings. The molecule has 0 amide bonds. The van der Waals surface area contributed by atoms with Crippen molar-refractivity contribution in [3.63, 3.8) is 0 Å². The largest absolute Gasteiger partial charge is 0.491 e. The van der Waals surface area contributed by atoms with Gasteiger partial charge in [0, 0.05) is 0 Å². The number of benzene rings is 1. The number of aliphatic hydroxyl groups is 2. The number of hydrogen-bond donors (Lipinski definition) is 3. The molecular weight excluding hydrogens is 294 g/mol. The van der Waals surface area contributed by atoms with E-state index in [0.717, 1.165) is 0 Å². The second-order valence-electron chi connectivity index (χ2n) is 5.58. The molecule has 1 aromatic carbocycles. The minimum Gasteiger partial charge on any atom is -0.491 e. The fourth-order valence-electron chi connectivity index (χ4n) is 1.67. The Labute approximate surface area is 125 Å². The lowest BCUT2D eigenvalue weighted by Gasteiger charge is -2.26. The normalized spacial score (nSPS) is 12.7. The van der Waals surface area contributed by atoms with Crippen molar-refractivity contribution in [2.45, 2.75) is 44.2 Å². The van der Waals surface area contributed by atoms with Crippen LogP contribution < -0.4 is 9.46 Å². The zero-order valence-electron chi connectivity index (χ0n) is 12.8. The molecule has 1 aromatic rings.